The molecule has 0 fully saturated rings. The molecule has 0 N–H and O–H groups in total. The molecule has 2 aliphatic heterocycles. The van der Waals surface area contributed by atoms with Crippen LogP contribution < -0.4 is 14.7 Å². The molecular formula is C96H84N4. The van der Waals surface area contributed by atoms with Crippen LogP contribution in [-0.4, -0.2) is 10.6 Å². The topological polar surface area (TPSA) is 14.7 Å². The zero-order valence-electron chi connectivity index (χ0n) is 57.0. The van der Waals surface area contributed by atoms with Crippen molar-refractivity contribution in [3.05, 3.63) is 439 Å². The van der Waals surface area contributed by atoms with Gasteiger partial charge in [0.2, 0.25) is 0 Å². The van der Waals surface area contributed by atoms with Gasteiger partial charge in [0.1, 0.15) is 0 Å². The van der Waals surface area contributed by atoms with Crippen molar-refractivity contribution in [1.29, 1.82) is 0 Å². The molecule has 4 heteroatoms. The molecule has 0 spiro atoms. The van der Waals surface area contributed by atoms with Crippen molar-refractivity contribution in [3.8, 4) is 16.8 Å². The SMILES string of the molecule is C=CC(C=CC=C(C=C)N(C=CC=C(C=C)c1ccc(C2=CCCC=C2)cc1)c1ccc(-c2ccc(N3C=CC=C(c4ccc(-n5c6c(c7ccccc75)C=CCC6)cc4)C=CC4C=C(CC=CC(=CC)N5C6=CC=CCC6c6ccccc65)C=CC43)cc2)cc1)=CC=Cc1ccccc1. The summed E-state index contributed by atoms with van der Waals surface area (Å²) in [6, 6.07) is 63.9. The first-order chi connectivity index (χ1) is 49.4. The Bertz CT molecular complexity index is 4980. The molecule has 4 nitrogen and oxygen atoms in total. The minimum absolute atomic E-state index is 0.0229. The number of allylic oxidation sites excluding steroid dienone is 30. The molecule has 3 heterocycles. The Morgan fingerprint density at radius 1 is 0.600 bits per heavy atom. The lowest BCUT2D eigenvalue weighted by Crippen LogP contribution is -2.35. The van der Waals surface area contributed by atoms with Crippen LogP contribution in [0.15, 0.2) is 400 Å². The Kier molecular flexibility index (Phi) is 20.3. The van der Waals surface area contributed by atoms with Gasteiger partial charge in [-0.15, -0.1) is 0 Å². The maximum Gasteiger partial charge on any atom is 0.0617 e. The average Bonchev–Trinajstić information content (AvgIpc) is 1.61. The number of aromatic nitrogens is 1. The zero-order chi connectivity index (χ0) is 68.0. The van der Waals surface area contributed by atoms with Crippen LogP contribution in [0.25, 0.3) is 56.6 Å². The lowest BCUT2D eigenvalue weighted by molar-refractivity contribution is 0.653. The van der Waals surface area contributed by atoms with Gasteiger partial charge in [-0.2, -0.15) is 0 Å². The summed E-state index contributed by atoms with van der Waals surface area (Å²) in [6.07, 6.45) is 74.4. The summed E-state index contributed by atoms with van der Waals surface area (Å²) in [5.74, 6) is 0.450. The number of anilines is 3. The summed E-state index contributed by atoms with van der Waals surface area (Å²) < 4.78 is 2.47. The summed E-state index contributed by atoms with van der Waals surface area (Å²) in [4.78, 5) is 7.07. The largest absolute Gasteiger partial charge is 0.340 e. The molecule has 7 aromatic carbocycles. The monoisotopic (exact) mass is 1290 g/mol. The second-order valence-electron chi connectivity index (χ2n) is 25.8. The summed E-state index contributed by atoms with van der Waals surface area (Å²) in [5, 5.41) is 1.31. The Labute approximate surface area is 592 Å². The number of rotatable bonds is 21. The van der Waals surface area contributed by atoms with Crippen molar-refractivity contribution >= 4 is 56.8 Å². The van der Waals surface area contributed by atoms with E-state index in [9.17, 15) is 0 Å². The van der Waals surface area contributed by atoms with Gasteiger partial charge in [0, 0.05) is 80.7 Å². The summed E-state index contributed by atoms with van der Waals surface area (Å²) >= 11 is 0. The first-order valence-electron chi connectivity index (χ1n) is 35.2. The lowest BCUT2D eigenvalue weighted by atomic mass is 9.88. The first-order valence-corrected chi connectivity index (χ1v) is 35.2. The Morgan fingerprint density at radius 2 is 1.35 bits per heavy atom. The van der Waals surface area contributed by atoms with Gasteiger partial charge in [-0.05, 0) is 197 Å². The maximum absolute atomic E-state index is 4.32. The fraction of sp³-hybridized carbons (Fsp3) is 0.104. The van der Waals surface area contributed by atoms with Gasteiger partial charge in [0.25, 0.3) is 0 Å². The van der Waals surface area contributed by atoms with Crippen LogP contribution >= 0.6 is 0 Å². The molecule has 0 bridgehead atoms. The quantitative estimate of drug-likeness (QED) is 0.0667. The van der Waals surface area contributed by atoms with Gasteiger partial charge >= 0.3 is 0 Å². The van der Waals surface area contributed by atoms with Crippen LogP contribution in [0.3, 0.4) is 0 Å². The summed E-state index contributed by atoms with van der Waals surface area (Å²) in [5.41, 5.74) is 26.0. The van der Waals surface area contributed by atoms with E-state index in [1.165, 1.54) is 72.8 Å². The fourth-order valence-electron chi connectivity index (χ4n) is 14.5. The van der Waals surface area contributed by atoms with Crippen LogP contribution in [0.1, 0.15) is 84.0 Å². The van der Waals surface area contributed by atoms with Gasteiger partial charge in [-0.1, -0.05) is 287 Å². The van der Waals surface area contributed by atoms with Crippen molar-refractivity contribution in [1.82, 2.24) is 4.57 Å². The number of nitrogens with zero attached hydrogens (tertiary/aromatic N) is 4. The molecule has 100 heavy (non-hydrogen) atoms. The van der Waals surface area contributed by atoms with E-state index >= 15 is 0 Å². The zero-order valence-corrected chi connectivity index (χ0v) is 57.0. The molecule has 3 unspecified atom stereocenters. The van der Waals surface area contributed by atoms with E-state index in [-0.39, 0.29) is 12.0 Å². The number of benzene rings is 7. The number of hydrogen-bond acceptors (Lipinski definition) is 3. The normalized spacial score (nSPS) is 18.4. The summed E-state index contributed by atoms with van der Waals surface area (Å²) in [7, 11) is 0. The van der Waals surface area contributed by atoms with Crippen molar-refractivity contribution < 1.29 is 0 Å². The van der Waals surface area contributed by atoms with Crippen molar-refractivity contribution in [2.75, 3.05) is 14.7 Å². The molecule has 14 rings (SSSR count). The van der Waals surface area contributed by atoms with Crippen LogP contribution in [0, 0.1) is 5.92 Å². The predicted molar refractivity (Wildman–Crippen MR) is 431 cm³/mol. The van der Waals surface area contributed by atoms with E-state index in [4.69, 9.17) is 0 Å². The highest BCUT2D eigenvalue weighted by Gasteiger charge is 2.35. The summed E-state index contributed by atoms with van der Waals surface area (Å²) in [6.45, 7) is 14.8. The molecule has 8 aromatic rings. The molecule has 0 radical (unpaired) electrons. The first kappa shape index (κ1) is 65.3. The van der Waals surface area contributed by atoms with E-state index in [1.54, 1.807) is 0 Å². The van der Waals surface area contributed by atoms with E-state index in [0.29, 0.717) is 5.92 Å². The highest BCUT2D eigenvalue weighted by Crippen LogP contribution is 2.49. The predicted octanol–water partition coefficient (Wildman–Crippen LogP) is 24.8. The maximum atomic E-state index is 4.32. The molecule has 488 valence electrons. The van der Waals surface area contributed by atoms with Crippen molar-refractivity contribution in [2.24, 2.45) is 5.92 Å². The van der Waals surface area contributed by atoms with Crippen LogP contribution in [-0.2, 0) is 6.42 Å². The number of fused-ring (bicyclic) bond motifs is 7. The average molecular weight is 1290 g/mol. The third-order valence-electron chi connectivity index (χ3n) is 19.7. The third kappa shape index (κ3) is 14.4. The molecule has 1 aromatic heterocycles. The van der Waals surface area contributed by atoms with Gasteiger partial charge in [0.05, 0.1) is 11.6 Å². The lowest BCUT2D eigenvalue weighted by Gasteiger charge is -2.34. The van der Waals surface area contributed by atoms with E-state index in [0.717, 1.165) is 94.6 Å². The highest BCUT2D eigenvalue weighted by atomic mass is 15.2. The van der Waals surface area contributed by atoms with Crippen LogP contribution in [0.5, 0.6) is 0 Å². The molecular weight excluding hydrogens is 1210 g/mol. The third-order valence-corrected chi connectivity index (χ3v) is 19.7. The minimum atomic E-state index is 0.0229. The standard InChI is InChI=1S/C96H84N4/c1-5-71(30-23-32-72-28-11-9-12-29-72)31-24-38-83(7-3)97(68-26-36-74(6-2)77-49-51-78(52-50-77)75-34-13-10-14-35-75)85-61-55-80(56-62-85)81-57-63-86(64-58-81)98-69-27-37-76(79-59-65-87(66-60-79)100-95-46-21-17-42-90(95)91-43-18-22-47-96(91)100)53-54-82-70-73(48-67-92(82)98)33-25-39-84(8-4)99-93-44-19-15-40-88(93)89-41-16-20-45-94(89)99/h5-9,11-13,15-21,23-32,34-40,42-46,48-70,82,89,92H,1-3,10,14,22,33,41,47H2,4H3. The molecule has 4 aliphatic carbocycles. The van der Waals surface area contributed by atoms with E-state index in [2.05, 4.69) is 374 Å². The molecule has 0 saturated carbocycles. The minimum Gasteiger partial charge on any atom is -0.340 e. The van der Waals surface area contributed by atoms with Gasteiger partial charge < -0.3 is 19.3 Å². The van der Waals surface area contributed by atoms with Crippen molar-refractivity contribution in [2.45, 2.75) is 57.4 Å². The second kappa shape index (κ2) is 31.0. The second-order valence-corrected chi connectivity index (χ2v) is 25.8. The number of hydrogen-bond donors (Lipinski definition) is 0. The van der Waals surface area contributed by atoms with Gasteiger partial charge in [-0.25, -0.2) is 0 Å². The molecule has 6 aliphatic rings. The smallest absolute Gasteiger partial charge is 0.0617 e. The Balaban J connectivity index is 0.747. The van der Waals surface area contributed by atoms with Crippen molar-refractivity contribution in [3.63, 3.8) is 0 Å². The fourth-order valence-corrected chi connectivity index (χ4v) is 14.5. The van der Waals surface area contributed by atoms with Gasteiger partial charge in [-0.3, -0.25) is 0 Å². The number of para-hydroxylation sites is 2. The van der Waals surface area contributed by atoms with Gasteiger partial charge in [0.15, 0.2) is 0 Å². The molecule has 3 atom stereocenters. The van der Waals surface area contributed by atoms with Crippen LogP contribution in [0.4, 0.5) is 17.1 Å². The van der Waals surface area contributed by atoms with Crippen LogP contribution in [0.2, 0.25) is 0 Å². The molecule has 0 saturated heterocycles. The van der Waals surface area contributed by atoms with E-state index in [1.807, 2.05) is 36.4 Å². The highest BCUT2D eigenvalue weighted by molar-refractivity contribution is 5.93. The van der Waals surface area contributed by atoms with E-state index < -0.39 is 0 Å². The molecule has 0 amide bonds. The Morgan fingerprint density at radius 3 is 2.14 bits per heavy atom. The Hall–Kier alpha value is -12.0.